The highest BCUT2D eigenvalue weighted by atomic mass is 16.5. The Morgan fingerprint density at radius 1 is 1.17 bits per heavy atom. The van der Waals surface area contributed by atoms with E-state index in [-0.39, 0.29) is 12.4 Å². The third kappa shape index (κ3) is 2.89. The van der Waals surface area contributed by atoms with Crippen molar-refractivity contribution in [2.45, 2.75) is 13.3 Å². The highest BCUT2D eigenvalue weighted by Gasteiger charge is 1.98. The molecule has 0 aliphatic rings. The van der Waals surface area contributed by atoms with Crippen molar-refractivity contribution in [1.82, 2.24) is 0 Å². The van der Waals surface area contributed by atoms with E-state index in [4.69, 9.17) is 4.74 Å². The van der Waals surface area contributed by atoms with Crippen LogP contribution < -0.4 is 0 Å². The van der Waals surface area contributed by atoms with Crippen molar-refractivity contribution in [1.29, 1.82) is 0 Å². The van der Waals surface area contributed by atoms with E-state index in [2.05, 4.69) is 11.8 Å². The van der Waals surface area contributed by atoms with Gasteiger partial charge in [0.15, 0.2) is 0 Å². The zero-order valence-electron chi connectivity index (χ0n) is 10.3. The Bertz CT molecular complexity index is 612. The van der Waals surface area contributed by atoms with Crippen molar-refractivity contribution in [2.24, 2.45) is 0 Å². The average Bonchev–Trinajstić information content (AvgIpc) is 2.39. The summed E-state index contributed by atoms with van der Waals surface area (Å²) in [6.07, 6.45) is 0.136. The van der Waals surface area contributed by atoms with E-state index < -0.39 is 0 Å². The molecule has 0 fully saturated rings. The molecule has 2 aromatic rings. The van der Waals surface area contributed by atoms with Gasteiger partial charge in [-0.25, -0.2) is 0 Å². The van der Waals surface area contributed by atoms with Crippen molar-refractivity contribution in [2.75, 3.05) is 6.61 Å². The van der Waals surface area contributed by atoms with Gasteiger partial charge in [-0.2, -0.15) is 0 Å². The van der Waals surface area contributed by atoms with Crippen molar-refractivity contribution in [3.63, 3.8) is 0 Å². The SMILES string of the molecule is CCOC(=O)CC#Cc1cccc2ccccc12. The molecule has 0 aliphatic carbocycles. The highest BCUT2D eigenvalue weighted by molar-refractivity contribution is 5.88. The lowest BCUT2D eigenvalue weighted by Gasteiger charge is -1.99. The fraction of sp³-hybridized carbons (Fsp3) is 0.188. The second-order valence-electron chi connectivity index (χ2n) is 3.81. The molecule has 0 spiro atoms. The minimum absolute atomic E-state index is 0.136. The van der Waals surface area contributed by atoms with Crippen LogP contribution in [0.25, 0.3) is 10.8 Å². The lowest BCUT2D eigenvalue weighted by Crippen LogP contribution is -2.01. The Morgan fingerprint density at radius 2 is 1.94 bits per heavy atom. The summed E-state index contributed by atoms with van der Waals surface area (Å²) in [5.74, 6) is 5.61. The summed E-state index contributed by atoms with van der Waals surface area (Å²) < 4.78 is 4.83. The molecule has 0 radical (unpaired) electrons. The van der Waals surface area contributed by atoms with Gasteiger partial charge >= 0.3 is 5.97 Å². The molecule has 2 rings (SSSR count). The number of carbonyl (C=O) groups is 1. The third-order valence-corrected chi connectivity index (χ3v) is 2.55. The average molecular weight is 238 g/mol. The lowest BCUT2D eigenvalue weighted by molar-refractivity contribution is -0.141. The quantitative estimate of drug-likeness (QED) is 0.593. The van der Waals surface area contributed by atoms with Crippen LogP contribution >= 0.6 is 0 Å². The molecule has 0 N–H and O–H groups in total. The van der Waals surface area contributed by atoms with Crippen LogP contribution in [-0.2, 0) is 9.53 Å². The fourth-order valence-electron chi connectivity index (χ4n) is 1.76. The van der Waals surface area contributed by atoms with E-state index in [1.807, 2.05) is 42.5 Å². The number of fused-ring (bicyclic) bond motifs is 1. The largest absolute Gasteiger partial charge is 0.465 e. The summed E-state index contributed by atoms with van der Waals surface area (Å²) in [6.45, 7) is 2.19. The fourth-order valence-corrected chi connectivity index (χ4v) is 1.76. The number of hydrogen-bond acceptors (Lipinski definition) is 2. The predicted molar refractivity (Wildman–Crippen MR) is 72.1 cm³/mol. The summed E-state index contributed by atoms with van der Waals surface area (Å²) in [7, 11) is 0. The Kier molecular flexibility index (Phi) is 3.98. The third-order valence-electron chi connectivity index (χ3n) is 2.55. The highest BCUT2D eigenvalue weighted by Crippen LogP contribution is 2.17. The molecular formula is C16H14O2. The maximum absolute atomic E-state index is 11.2. The maximum Gasteiger partial charge on any atom is 0.317 e. The van der Waals surface area contributed by atoms with E-state index in [0.29, 0.717) is 6.61 Å². The molecule has 0 aromatic heterocycles. The van der Waals surface area contributed by atoms with Gasteiger partial charge in [0.1, 0.15) is 6.42 Å². The molecule has 0 atom stereocenters. The normalized spacial score (nSPS) is 9.61. The van der Waals surface area contributed by atoms with Crippen LogP contribution in [0.2, 0.25) is 0 Å². The minimum Gasteiger partial charge on any atom is -0.465 e. The molecule has 0 bridgehead atoms. The van der Waals surface area contributed by atoms with Crippen LogP contribution in [0.15, 0.2) is 42.5 Å². The van der Waals surface area contributed by atoms with Crippen molar-refractivity contribution < 1.29 is 9.53 Å². The predicted octanol–water partition coefficient (Wildman–Crippen LogP) is 3.14. The molecule has 0 heterocycles. The summed E-state index contributed by atoms with van der Waals surface area (Å²) in [6, 6.07) is 14.0. The molecule has 0 aliphatic heterocycles. The Morgan fingerprint density at radius 3 is 2.78 bits per heavy atom. The first kappa shape index (κ1) is 12.2. The molecule has 90 valence electrons. The van der Waals surface area contributed by atoms with Gasteiger partial charge < -0.3 is 4.74 Å². The Hall–Kier alpha value is -2.27. The summed E-state index contributed by atoms with van der Waals surface area (Å²) >= 11 is 0. The summed E-state index contributed by atoms with van der Waals surface area (Å²) in [4.78, 5) is 11.2. The number of carbonyl (C=O) groups excluding carboxylic acids is 1. The minimum atomic E-state index is -0.273. The smallest absolute Gasteiger partial charge is 0.317 e. The van der Waals surface area contributed by atoms with Crippen LogP contribution in [0.1, 0.15) is 18.9 Å². The molecule has 2 nitrogen and oxygen atoms in total. The van der Waals surface area contributed by atoms with E-state index in [1.165, 1.54) is 0 Å². The molecule has 0 saturated carbocycles. The molecule has 18 heavy (non-hydrogen) atoms. The zero-order valence-corrected chi connectivity index (χ0v) is 10.3. The van der Waals surface area contributed by atoms with Crippen LogP contribution in [0.4, 0.5) is 0 Å². The second-order valence-corrected chi connectivity index (χ2v) is 3.81. The van der Waals surface area contributed by atoms with Crippen LogP contribution in [0.5, 0.6) is 0 Å². The second kappa shape index (κ2) is 5.88. The molecule has 2 aromatic carbocycles. The molecular weight excluding hydrogens is 224 g/mol. The number of ether oxygens (including phenoxy) is 1. The number of rotatable bonds is 2. The summed E-state index contributed by atoms with van der Waals surface area (Å²) in [5.41, 5.74) is 0.942. The number of benzene rings is 2. The Labute approximate surface area is 107 Å². The summed E-state index contributed by atoms with van der Waals surface area (Å²) in [5, 5.41) is 2.26. The topological polar surface area (TPSA) is 26.3 Å². The maximum atomic E-state index is 11.2. The first-order valence-electron chi connectivity index (χ1n) is 5.93. The first-order valence-corrected chi connectivity index (χ1v) is 5.93. The first-order chi connectivity index (χ1) is 8.81. The van der Waals surface area contributed by atoms with Gasteiger partial charge in [-0.3, -0.25) is 4.79 Å². The van der Waals surface area contributed by atoms with Crippen LogP contribution in [0, 0.1) is 11.8 Å². The number of hydrogen-bond donors (Lipinski definition) is 0. The molecule has 0 unspecified atom stereocenters. The van der Waals surface area contributed by atoms with Crippen LogP contribution in [-0.4, -0.2) is 12.6 Å². The van der Waals surface area contributed by atoms with Crippen LogP contribution in [0.3, 0.4) is 0 Å². The van der Waals surface area contributed by atoms with E-state index in [0.717, 1.165) is 16.3 Å². The van der Waals surface area contributed by atoms with Gasteiger partial charge in [-0.1, -0.05) is 48.2 Å². The van der Waals surface area contributed by atoms with Crippen molar-refractivity contribution in [3.05, 3.63) is 48.0 Å². The van der Waals surface area contributed by atoms with E-state index in [1.54, 1.807) is 6.92 Å². The standard InChI is InChI=1S/C16H14O2/c1-2-18-16(17)12-6-10-14-9-5-8-13-7-3-4-11-15(13)14/h3-5,7-9,11H,2,12H2,1H3. The number of esters is 1. The molecule has 2 heteroatoms. The Balaban J connectivity index is 2.22. The van der Waals surface area contributed by atoms with E-state index >= 15 is 0 Å². The van der Waals surface area contributed by atoms with E-state index in [9.17, 15) is 4.79 Å². The molecule has 0 amide bonds. The van der Waals surface area contributed by atoms with Gasteiger partial charge in [0.25, 0.3) is 0 Å². The molecule has 0 saturated heterocycles. The van der Waals surface area contributed by atoms with Gasteiger partial charge in [0, 0.05) is 5.56 Å². The lowest BCUT2D eigenvalue weighted by atomic mass is 10.1. The van der Waals surface area contributed by atoms with Gasteiger partial charge in [0.2, 0.25) is 0 Å². The van der Waals surface area contributed by atoms with Crippen molar-refractivity contribution in [3.8, 4) is 11.8 Å². The zero-order chi connectivity index (χ0) is 12.8. The van der Waals surface area contributed by atoms with Crippen molar-refractivity contribution >= 4 is 16.7 Å². The van der Waals surface area contributed by atoms with Gasteiger partial charge in [-0.15, -0.1) is 0 Å². The van der Waals surface area contributed by atoms with Gasteiger partial charge in [0.05, 0.1) is 6.61 Å². The monoisotopic (exact) mass is 238 g/mol. The van der Waals surface area contributed by atoms with Gasteiger partial charge in [-0.05, 0) is 23.8 Å².